The molecule has 1 aliphatic rings. The minimum Gasteiger partial charge on any atom is -0.494 e. The molecule has 1 saturated carbocycles. The van der Waals surface area contributed by atoms with E-state index in [9.17, 15) is 5.11 Å². The number of rotatable bonds is 6. The second-order valence-corrected chi connectivity index (χ2v) is 6.51. The van der Waals surface area contributed by atoms with Crippen LogP contribution in [-0.2, 0) is 0 Å². The summed E-state index contributed by atoms with van der Waals surface area (Å²) in [6.07, 6.45) is 4.10. The maximum absolute atomic E-state index is 10.6. The summed E-state index contributed by atoms with van der Waals surface area (Å²) in [5.74, 6) is 1.67. The lowest BCUT2D eigenvalue weighted by molar-refractivity contribution is -0.00784. The van der Waals surface area contributed by atoms with Crippen molar-refractivity contribution in [3.05, 3.63) is 29.8 Å². The molecule has 118 valence electrons. The minimum absolute atomic E-state index is 0.240. The van der Waals surface area contributed by atoms with E-state index >= 15 is 0 Å². The predicted octanol–water partition coefficient (Wildman–Crippen LogP) is 3.68. The third-order valence-electron chi connectivity index (χ3n) is 4.63. The molecule has 1 aromatic carbocycles. The van der Waals surface area contributed by atoms with Crippen LogP contribution in [0.5, 0.6) is 5.75 Å². The van der Waals surface area contributed by atoms with Crippen molar-refractivity contribution in [2.75, 3.05) is 13.2 Å². The van der Waals surface area contributed by atoms with Crippen molar-refractivity contribution in [2.45, 2.75) is 58.1 Å². The molecule has 0 radical (unpaired) electrons. The van der Waals surface area contributed by atoms with Crippen LogP contribution >= 0.6 is 0 Å². The molecular formula is C18H29NO2. The van der Waals surface area contributed by atoms with Crippen LogP contribution in [0.15, 0.2) is 24.3 Å². The van der Waals surface area contributed by atoms with Gasteiger partial charge >= 0.3 is 0 Å². The largest absolute Gasteiger partial charge is 0.494 e. The van der Waals surface area contributed by atoms with Crippen molar-refractivity contribution in [3.63, 3.8) is 0 Å². The molecule has 0 heterocycles. The van der Waals surface area contributed by atoms with Gasteiger partial charge in [0.25, 0.3) is 0 Å². The molecule has 0 amide bonds. The Kier molecular flexibility index (Phi) is 5.65. The van der Waals surface area contributed by atoms with Crippen LogP contribution in [0.25, 0.3) is 0 Å². The Morgan fingerprint density at radius 2 is 1.90 bits per heavy atom. The molecule has 0 aromatic heterocycles. The zero-order valence-electron chi connectivity index (χ0n) is 13.6. The molecule has 1 unspecified atom stereocenters. The summed E-state index contributed by atoms with van der Waals surface area (Å²) in [5.41, 5.74) is 0.706. The highest BCUT2D eigenvalue weighted by atomic mass is 16.5. The summed E-state index contributed by atoms with van der Waals surface area (Å²) in [4.78, 5) is 0. The molecule has 0 saturated heterocycles. The van der Waals surface area contributed by atoms with Crippen molar-refractivity contribution >= 4 is 0 Å². The van der Waals surface area contributed by atoms with Crippen molar-refractivity contribution in [3.8, 4) is 5.75 Å². The number of hydrogen-bond donors (Lipinski definition) is 2. The number of nitrogens with one attached hydrogen (secondary N) is 1. The highest BCUT2D eigenvalue weighted by Gasteiger charge is 2.31. The molecule has 0 bridgehead atoms. The van der Waals surface area contributed by atoms with E-state index in [1.54, 1.807) is 0 Å². The standard InChI is InChI=1S/C18H29NO2/c1-4-21-17-7-5-16(6-8-17)15(3)19-13-18(20)11-9-14(2)10-12-18/h5-8,14-15,19-20H,4,9-13H2,1-3H3. The van der Waals surface area contributed by atoms with Crippen molar-refractivity contribution < 1.29 is 9.84 Å². The number of ether oxygens (including phenoxy) is 1. The monoisotopic (exact) mass is 291 g/mol. The second-order valence-electron chi connectivity index (χ2n) is 6.51. The SMILES string of the molecule is CCOc1ccc(C(C)NCC2(O)CCC(C)CC2)cc1. The predicted molar refractivity (Wildman–Crippen MR) is 86.6 cm³/mol. The van der Waals surface area contributed by atoms with Gasteiger partial charge in [-0.2, -0.15) is 0 Å². The molecule has 0 spiro atoms. The average molecular weight is 291 g/mol. The summed E-state index contributed by atoms with van der Waals surface area (Å²) in [7, 11) is 0. The molecular weight excluding hydrogens is 262 g/mol. The first-order valence-electron chi connectivity index (χ1n) is 8.21. The van der Waals surface area contributed by atoms with Crippen LogP contribution in [0.3, 0.4) is 0 Å². The first-order valence-corrected chi connectivity index (χ1v) is 8.21. The topological polar surface area (TPSA) is 41.5 Å². The molecule has 1 aliphatic carbocycles. The van der Waals surface area contributed by atoms with Gasteiger partial charge in [-0.15, -0.1) is 0 Å². The number of aliphatic hydroxyl groups is 1. The molecule has 3 nitrogen and oxygen atoms in total. The fourth-order valence-electron chi connectivity index (χ4n) is 2.96. The molecule has 2 N–H and O–H groups in total. The average Bonchev–Trinajstić information content (AvgIpc) is 2.49. The lowest BCUT2D eigenvalue weighted by Crippen LogP contribution is -2.44. The summed E-state index contributed by atoms with van der Waals surface area (Å²) in [6, 6.07) is 8.44. The van der Waals surface area contributed by atoms with E-state index in [2.05, 4.69) is 31.3 Å². The van der Waals surface area contributed by atoms with Gasteiger partial charge in [0.05, 0.1) is 12.2 Å². The molecule has 3 heteroatoms. The summed E-state index contributed by atoms with van der Waals surface area (Å²) < 4.78 is 5.46. The Morgan fingerprint density at radius 3 is 2.48 bits per heavy atom. The van der Waals surface area contributed by atoms with Gasteiger partial charge < -0.3 is 15.2 Å². The van der Waals surface area contributed by atoms with Gasteiger partial charge in [0.1, 0.15) is 5.75 Å². The van der Waals surface area contributed by atoms with Gasteiger partial charge in [-0.3, -0.25) is 0 Å². The van der Waals surface area contributed by atoms with Crippen molar-refractivity contribution in [1.29, 1.82) is 0 Å². The third-order valence-corrected chi connectivity index (χ3v) is 4.63. The van der Waals surface area contributed by atoms with Gasteiger partial charge in [-0.1, -0.05) is 19.1 Å². The maximum atomic E-state index is 10.6. The van der Waals surface area contributed by atoms with Crippen LogP contribution < -0.4 is 10.1 Å². The van der Waals surface area contributed by atoms with Crippen LogP contribution in [0.1, 0.15) is 58.1 Å². The molecule has 2 rings (SSSR count). The van der Waals surface area contributed by atoms with Gasteiger partial charge in [0.15, 0.2) is 0 Å². The van der Waals surface area contributed by atoms with Gasteiger partial charge in [-0.05, 0) is 63.1 Å². The molecule has 21 heavy (non-hydrogen) atoms. The summed E-state index contributed by atoms with van der Waals surface area (Å²) in [6.45, 7) is 7.77. The van der Waals surface area contributed by atoms with E-state index in [1.807, 2.05) is 19.1 Å². The molecule has 1 aromatic rings. The Bertz CT molecular complexity index is 421. The van der Waals surface area contributed by atoms with E-state index in [0.717, 1.165) is 37.4 Å². The third kappa shape index (κ3) is 4.72. The smallest absolute Gasteiger partial charge is 0.119 e. The Labute approximate surface area is 128 Å². The quantitative estimate of drug-likeness (QED) is 0.840. The van der Waals surface area contributed by atoms with Crippen LogP contribution in [0.4, 0.5) is 0 Å². The van der Waals surface area contributed by atoms with E-state index in [1.165, 1.54) is 5.56 Å². The van der Waals surface area contributed by atoms with E-state index in [0.29, 0.717) is 13.2 Å². The van der Waals surface area contributed by atoms with Crippen LogP contribution in [0.2, 0.25) is 0 Å². The molecule has 0 aliphatic heterocycles. The first kappa shape index (κ1) is 16.3. The fourth-order valence-corrected chi connectivity index (χ4v) is 2.96. The van der Waals surface area contributed by atoms with Crippen LogP contribution in [0, 0.1) is 5.92 Å². The fraction of sp³-hybridized carbons (Fsp3) is 0.667. The highest BCUT2D eigenvalue weighted by Crippen LogP contribution is 2.31. The van der Waals surface area contributed by atoms with Crippen molar-refractivity contribution in [2.24, 2.45) is 5.92 Å². The Balaban J connectivity index is 1.85. The van der Waals surface area contributed by atoms with E-state index in [4.69, 9.17) is 4.74 Å². The zero-order chi connectivity index (χ0) is 15.3. The van der Waals surface area contributed by atoms with Gasteiger partial charge in [-0.25, -0.2) is 0 Å². The lowest BCUT2D eigenvalue weighted by atomic mass is 9.79. The van der Waals surface area contributed by atoms with E-state index < -0.39 is 5.60 Å². The minimum atomic E-state index is -0.522. The lowest BCUT2D eigenvalue weighted by Gasteiger charge is -2.36. The number of benzene rings is 1. The molecule has 1 atom stereocenters. The van der Waals surface area contributed by atoms with E-state index in [-0.39, 0.29) is 6.04 Å². The normalized spacial score (nSPS) is 27.3. The van der Waals surface area contributed by atoms with Gasteiger partial charge in [0, 0.05) is 12.6 Å². The first-order chi connectivity index (χ1) is 10.0. The van der Waals surface area contributed by atoms with Crippen LogP contribution in [-0.4, -0.2) is 23.9 Å². The Morgan fingerprint density at radius 1 is 1.29 bits per heavy atom. The second kappa shape index (κ2) is 7.28. The molecule has 1 fully saturated rings. The highest BCUT2D eigenvalue weighted by molar-refractivity contribution is 5.28. The summed E-state index contributed by atoms with van der Waals surface area (Å²) >= 11 is 0. The Hall–Kier alpha value is -1.06. The van der Waals surface area contributed by atoms with Gasteiger partial charge in [0.2, 0.25) is 0 Å². The maximum Gasteiger partial charge on any atom is 0.119 e. The zero-order valence-corrected chi connectivity index (χ0v) is 13.6. The van der Waals surface area contributed by atoms with Crippen molar-refractivity contribution in [1.82, 2.24) is 5.32 Å². The number of hydrogen-bond acceptors (Lipinski definition) is 3. The summed E-state index contributed by atoms with van der Waals surface area (Å²) in [5, 5.41) is 14.1.